The number of aromatic nitrogens is 2. The summed E-state index contributed by atoms with van der Waals surface area (Å²) in [7, 11) is 3.80. The van der Waals surface area contributed by atoms with Gasteiger partial charge in [-0.1, -0.05) is 13.1 Å². The molecule has 5 heteroatoms. The number of nitrogens with zero attached hydrogens (tertiary/aromatic N) is 3. The van der Waals surface area contributed by atoms with Crippen molar-refractivity contribution in [2.45, 2.75) is 6.92 Å². The minimum Gasteiger partial charge on any atom is -0.377 e. The molecule has 0 unspecified atom stereocenters. The molecular formula is C13H14N3OY-. The van der Waals surface area contributed by atoms with Gasteiger partial charge in [0.05, 0.1) is 0 Å². The molecule has 2 aromatic heterocycles. The van der Waals surface area contributed by atoms with Gasteiger partial charge in [-0.2, -0.15) is 6.07 Å². The Labute approximate surface area is 132 Å². The first-order chi connectivity index (χ1) is 8.08. The molecule has 0 fully saturated rings. The van der Waals surface area contributed by atoms with Crippen molar-refractivity contribution < 1.29 is 32.7 Å². The van der Waals surface area contributed by atoms with E-state index in [1.165, 1.54) is 4.57 Å². The van der Waals surface area contributed by atoms with Crippen LogP contribution in [0.3, 0.4) is 0 Å². The van der Waals surface area contributed by atoms with Crippen molar-refractivity contribution in [1.82, 2.24) is 9.55 Å². The normalized spacial score (nSPS) is 9.72. The molecule has 0 bridgehead atoms. The Morgan fingerprint density at radius 3 is 2.61 bits per heavy atom. The third-order valence-electron chi connectivity index (χ3n) is 2.49. The Kier molecular flexibility index (Phi) is 5.23. The van der Waals surface area contributed by atoms with Gasteiger partial charge in [0.1, 0.15) is 0 Å². The van der Waals surface area contributed by atoms with Gasteiger partial charge in [0, 0.05) is 70.6 Å². The summed E-state index contributed by atoms with van der Waals surface area (Å²) in [6.07, 6.45) is 3.42. The van der Waals surface area contributed by atoms with Crippen LogP contribution in [0.4, 0.5) is 5.69 Å². The number of hydrogen-bond donors (Lipinski definition) is 0. The quantitative estimate of drug-likeness (QED) is 0.786. The molecule has 0 saturated carbocycles. The van der Waals surface area contributed by atoms with E-state index in [1.807, 2.05) is 32.0 Å². The smallest absolute Gasteiger partial charge is 0.247 e. The molecular weight excluding hydrogens is 303 g/mol. The van der Waals surface area contributed by atoms with E-state index in [2.05, 4.69) is 11.1 Å². The molecule has 0 aromatic carbocycles. The second-order valence-electron chi connectivity index (χ2n) is 4.08. The van der Waals surface area contributed by atoms with Crippen LogP contribution in [0.2, 0.25) is 0 Å². The number of pyridine rings is 2. The first-order valence-electron chi connectivity index (χ1n) is 5.32. The van der Waals surface area contributed by atoms with Crippen LogP contribution < -0.4 is 10.5 Å². The fourth-order valence-corrected chi connectivity index (χ4v) is 1.48. The van der Waals surface area contributed by atoms with Crippen molar-refractivity contribution in [3.63, 3.8) is 0 Å². The average Bonchev–Trinajstić information content (AvgIpc) is 2.30. The number of hydrogen-bond acceptors (Lipinski definition) is 3. The topological polar surface area (TPSA) is 38.1 Å². The molecule has 2 heterocycles. The van der Waals surface area contributed by atoms with Crippen molar-refractivity contribution in [1.29, 1.82) is 0 Å². The number of anilines is 1. The second-order valence-corrected chi connectivity index (χ2v) is 4.08. The van der Waals surface area contributed by atoms with Gasteiger partial charge in [0.15, 0.2) is 0 Å². The molecule has 0 spiro atoms. The van der Waals surface area contributed by atoms with Gasteiger partial charge >= 0.3 is 0 Å². The van der Waals surface area contributed by atoms with Gasteiger partial charge in [0.2, 0.25) is 5.56 Å². The van der Waals surface area contributed by atoms with Crippen LogP contribution in [0.5, 0.6) is 0 Å². The molecule has 0 aliphatic carbocycles. The molecule has 1 radical (unpaired) electrons. The zero-order valence-electron chi connectivity index (χ0n) is 10.7. The third kappa shape index (κ3) is 3.27. The van der Waals surface area contributed by atoms with Gasteiger partial charge in [-0.25, -0.2) is 0 Å². The number of rotatable bonds is 2. The van der Waals surface area contributed by atoms with E-state index < -0.39 is 0 Å². The van der Waals surface area contributed by atoms with Crippen molar-refractivity contribution in [3.05, 3.63) is 52.6 Å². The zero-order valence-corrected chi connectivity index (χ0v) is 13.6. The standard InChI is InChI=1S/C13H14N3O.Y/c1-10-4-5-12(14-9-10)16-7-6-11(15(2)3)8-13(16)17;/h5-9H,1-3H3;/q-1;. The molecule has 0 amide bonds. The Hall–Kier alpha value is -0.996. The van der Waals surface area contributed by atoms with Crippen LogP contribution >= 0.6 is 0 Å². The Balaban J connectivity index is 0.00000162. The molecule has 18 heavy (non-hydrogen) atoms. The predicted molar refractivity (Wildman–Crippen MR) is 67.7 cm³/mol. The number of aryl methyl sites for hydroxylation is 1. The first kappa shape index (κ1) is 15.1. The molecule has 0 atom stereocenters. The van der Waals surface area contributed by atoms with Gasteiger partial charge in [-0.15, -0.1) is 11.6 Å². The van der Waals surface area contributed by atoms with Crippen LogP contribution in [0, 0.1) is 13.0 Å². The van der Waals surface area contributed by atoms with E-state index in [0.29, 0.717) is 5.82 Å². The monoisotopic (exact) mass is 317 g/mol. The maximum Gasteiger partial charge on any atom is 0.247 e. The minimum absolute atomic E-state index is 0. The second kappa shape index (κ2) is 6.25. The van der Waals surface area contributed by atoms with Crippen molar-refractivity contribution in [2.24, 2.45) is 0 Å². The molecule has 0 saturated heterocycles. The van der Waals surface area contributed by atoms with Crippen LogP contribution in [0.25, 0.3) is 5.82 Å². The molecule has 0 aliphatic heterocycles. The average molecular weight is 317 g/mol. The van der Waals surface area contributed by atoms with E-state index in [1.54, 1.807) is 24.5 Å². The van der Waals surface area contributed by atoms with E-state index in [4.69, 9.17) is 0 Å². The largest absolute Gasteiger partial charge is 0.377 e. The molecule has 0 N–H and O–H groups in total. The summed E-state index contributed by atoms with van der Waals surface area (Å²) in [4.78, 5) is 18.0. The Morgan fingerprint density at radius 1 is 1.39 bits per heavy atom. The van der Waals surface area contributed by atoms with Gasteiger partial charge in [-0.3, -0.25) is 4.79 Å². The maximum atomic E-state index is 11.9. The molecule has 0 aliphatic rings. The van der Waals surface area contributed by atoms with E-state index in [-0.39, 0.29) is 38.3 Å². The summed E-state index contributed by atoms with van der Waals surface area (Å²) in [5, 5.41) is 0. The van der Waals surface area contributed by atoms with Crippen LogP contribution in [-0.2, 0) is 32.7 Å². The van der Waals surface area contributed by atoms with Crippen molar-refractivity contribution in [2.75, 3.05) is 19.0 Å². The molecule has 4 nitrogen and oxygen atoms in total. The van der Waals surface area contributed by atoms with E-state index in [9.17, 15) is 4.79 Å². The predicted octanol–water partition coefficient (Wildman–Crippen LogP) is 1.40. The summed E-state index contributed by atoms with van der Waals surface area (Å²) in [6.45, 7) is 1.91. The minimum atomic E-state index is -0.0963. The fraction of sp³-hybridized carbons (Fsp3) is 0.231. The summed E-state index contributed by atoms with van der Waals surface area (Å²) in [6, 6.07) is 8.21. The summed E-state index contributed by atoms with van der Waals surface area (Å²) in [5.41, 5.74) is 1.73. The summed E-state index contributed by atoms with van der Waals surface area (Å²) in [5.74, 6) is 0.589. The fourth-order valence-electron chi connectivity index (χ4n) is 1.48. The maximum absolute atomic E-state index is 11.9. The molecule has 2 aromatic rings. The van der Waals surface area contributed by atoms with Crippen molar-refractivity contribution >= 4 is 5.69 Å². The van der Waals surface area contributed by atoms with Crippen molar-refractivity contribution in [3.8, 4) is 5.82 Å². The molecule has 2 rings (SSSR count). The SMILES string of the molecule is Cc1[c-]cc(-n2ccc(N(C)C)cc2=O)nc1.[Y]. The van der Waals surface area contributed by atoms with E-state index >= 15 is 0 Å². The molecule has 91 valence electrons. The third-order valence-corrected chi connectivity index (χ3v) is 2.49. The first-order valence-corrected chi connectivity index (χ1v) is 5.32. The van der Waals surface area contributed by atoms with Gasteiger partial charge in [-0.05, 0) is 6.07 Å². The van der Waals surface area contributed by atoms with E-state index in [0.717, 1.165) is 11.3 Å². The van der Waals surface area contributed by atoms with Crippen LogP contribution in [-0.4, -0.2) is 23.6 Å². The van der Waals surface area contributed by atoms with Gasteiger partial charge in [0.25, 0.3) is 0 Å². The van der Waals surface area contributed by atoms with Gasteiger partial charge < -0.3 is 14.5 Å². The Morgan fingerprint density at radius 2 is 2.11 bits per heavy atom. The Bertz CT molecular complexity index is 576. The van der Waals surface area contributed by atoms with Crippen LogP contribution in [0.1, 0.15) is 5.56 Å². The summed E-state index contributed by atoms with van der Waals surface area (Å²) >= 11 is 0. The summed E-state index contributed by atoms with van der Waals surface area (Å²) < 4.78 is 1.50. The van der Waals surface area contributed by atoms with Crippen LogP contribution in [0.15, 0.2) is 35.4 Å². The zero-order chi connectivity index (χ0) is 12.4.